The summed E-state index contributed by atoms with van der Waals surface area (Å²) in [7, 11) is 0. The van der Waals surface area contributed by atoms with E-state index in [4.69, 9.17) is 17.3 Å². The van der Waals surface area contributed by atoms with E-state index < -0.39 is 17.9 Å². The number of carbonyl (C=O) groups excluding carboxylic acids is 2. The van der Waals surface area contributed by atoms with E-state index in [9.17, 15) is 9.59 Å². The topological polar surface area (TPSA) is 85.1 Å². The zero-order valence-corrected chi connectivity index (χ0v) is 8.78. The Hall–Kier alpha value is -1.62. The maximum absolute atomic E-state index is 11.5. The van der Waals surface area contributed by atoms with Crippen LogP contribution in [0.1, 0.15) is 17.3 Å². The highest BCUT2D eigenvalue weighted by atomic mass is 35.5. The molecule has 0 fully saturated rings. The van der Waals surface area contributed by atoms with Gasteiger partial charge in [-0.3, -0.25) is 14.6 Å². The molecule has 1 aromatic heterocycles. The zero-order valence-electron chi connectivity index (χ0n) is 8.03. The first-order valence-corrected chi connectivity index (χ1v) is 4.60. The number of pyridine rings is 1. The molecule has 5 nitrogen and oxygen atoms in total. The van der Waals surface area contributed by atoms with Crippen LogP contribution in [0.3, 0.4) is 0 Å². The zero-order chi connectivity index (χ0) is 11.4. The summed E-state index contributed by atoms with van der Waals surface area (Å²) in [5.74, 6) is -1.08. The Bertz CT molecular complexity index is 395. The fraction of sp³-hybridized carbons (Fsp3) is 0.222. The molecule has 0 aliphatic rings. The van der Waals surface area contributed by atoms with Gasteiger partial charge in [-0.2, -0.15) is 0 Å². The van der Waals surface area contributed by atoms with Crippen molar-refractivity contribution in [1.29, 1.82) is 0 Å². The number of hydrogen-bond acceptors (Lipinski definition) is 3. The Balaban J connectivity index is 2.78. The highest BCUT2D eigenvalue weighted by Crippen LogP contribution is 2.13. The number of carbonyl (C=O) groups is 2. The van der Waals surface area contributed by atoms with Crippen LogP contribution in [-0.4, -0.2) is 22.8 Å². The van der Waals surface area contributed by atoms with Crippen molar-refractivity contribution >= 4 is 23.4 Å². The Kier molecular flexibility index (Phi) is 3.62. The highest BCUT2D eigenvalue weighted by molar-refractivity contribution is 6.33. The molecule has 0 bridgehead atoms. The average Bonchev–Trinajstić information content (AvgIpc) is 2.18. The largest absolute Gasteiger partial charge is 0.368 e. The van der Waals surface area contributed by atoms with Gasteiger partial charge in [0.05, 0.1) is 10.6 Å². The Labute approximate surface area is 91.6 Å². The average molecular weight is 228 g/mol. The molecular formula is C9H10ClN3O2. The first kappa shape index (κ1) is 11.5. The van der Waals surface area contributed by atoms with Crippen molar-refractivity contribution in [3.05, 3.63) is 29.0 Å². The number of nitrogens with one attached hydrogen (secondary N) is 1. The number of primary amides is 1. The third kappa shape index (κ3) is 2.92. The minimum Gasteiger partial charge on any atom is -0.368 e. The number of rotatable bonds is 3. The molecule has 0 aromatic carbocycles. The van der Waals surface area contributed by atoms with E-state index in [0.29, 0.717) is 0 Å². The van der Waals surface area contributed by atoms with Crippen molar-refractivity contribution in [2.24, 2.45) is 5.73 Å². The molecule has 0 aliphatic heterocycles. The van der Waals surface area contributed by atoms with Crippen LogP contribution in [0.4, 0.5) is 0 Å². The van der Waals surface area contributed by atoms with Gasteiger partial charge in [0, 0.05) is 12.4 Å². The fourth-order valence-corrected chi connectivity index (χ4v) is 1.08. The lowest BCUT2D eigenvalue weighted by atomic mass is 10.2. The first-order valence-electron chi connectivity index (χ1n) is 4.22. The predicted octanol–water partition coefficient (Wildman–Crippen LogP) is 0.339. The smallest absolute Gasteiger partial charge is 0.255 e. The van der Waals surface area contributed by atoms with Crippen molar-refractivity contribution in [1.82, 2.24) is 10.3 Å². The van der Waals surface area contributed by atoms with Crippen LogP contribution < -0.4 is 11.1 Å². The van der Waals surface area contributed by atoms with Crippen LogP contribution in [0.5, 0.6) is 0 Å². The van der Waals surface area contributed by atoms with Crippen LogP contribution in [-0.2, 0) is 4.79 Å². The van der Waals surface area contributed by atoms with Gasteiger partial charge in [-0.1, -0.05) is 11.6 Å². The summed E-state index contributed by atoms with van der Waals surface area (Å²) >= 11 is 5.77. The quantitative estimate of drug-likeness (QED) is 0.781. The molecule has 1 atom stereocenters. The molecule has 3 N–H and O–H groups in total. The Morgan fingerprint density at radius 2 is 2.27 bits per heavy atom. The summed E-state index contributed by atoms with van der Waals surface area (Å²) in [5, 5.41) is 2.68. The summed E-state index contributed by atoms with van der Waals surface area (Å²) in [6.07, 6.45) is 2.79. The van der Waals surface area contributed by atoms with Gasteiger partial charge in [-0.25, -0.2) is 0 Å². The van der Waals surface area contributed by atoms with E-state index in [1.807, 2.05) is 0 Å². The normalized spacial score (nSPS) is 11.9. The van der Waals surface area contributed by atoms with E-state index in [0.717, 1.165) is 0 Å². The summed E-state index contributed by atoms with van der Waals surface area (Å²) in [6, 6.07) is 0.750. The SMILES string of the molecule is CC(NC(=O)c1cnccc1Cl)C(N)=O. The van der Waals surface area contributed by atoms with Gasteiger partial charge in [0.15, 0.2) is 0 Å². The number of amides is 2. The van der Waals surface area contributed by atoms with E-state index in [1.165, 1.54) is 25.4 Å². The van der Waals surface area contributed by atoms with E-state index in [1.54, 1.807) is 0 Å². The monoisotopic (exact) mass is 227 g/mol. The van der Waals surface area contributed by atoms with Crippen molar-refractivity contribution in [2.45, 2.75) is 13.0 Å². The van der Waals surface area contributed by atoms with Crippen molar-refractivity contribution in [2.75, 3.05) is 0 Å². The number of halogens is 1. The van der Waals surface area contributed by atoms with Crippen LogP contribution in [0.15, 0.2) is 18.5 Å². The lowest BCUT2D eigenvalue weighted by Crippen LogP contribution is -2.42. The third-order valence-corrected chi connectivity index (χ3v) is 2.12. The second-order valence-electron chi connectivity index (χ2n) is 2.95. The molecule has 1 aromatic rings. The molecule has 1 rings (SSSR count). The van der Waals surface area contributed by atoms with Gasteiger partial charge in [0.2, 0.25) is 5.91 Å². The molecule has 1 unspecified atom stereocenters. The number of aromatic nitrogens is 1. The summed E-state index contributed by atoms with van der Waals surface area (Å²) in [4.78, 5) is 26.0. The third-order valence-electron chi connectivity index (χ3n) is 1.79. The second-order valence-corrected chi connectivity index (χ2v) is 3.36. The van der Waals surface area contributed by atoms with Crippen LogP contribution in [0, 0.1) is 0 Å². The number of nitrogens with two attached hydrogens (primary N) is 1. The van der Waals surface area contributed by atoms with Gasteiger partial charge in [0.25, 0.3) is 5.91 Å². The lowest BCUT2D eigenvalue weighted by molar-refractivity contribution is -0.119. The summed E-state index contributed by atoms with van der Waals surface area (Å²) in [5.41, 5.74) is 5.21. The van der Waals surface area contributed by atoms with Gasteiger partial charge in [-0.05, 0) is 13.0 Å². The number of hydrogen-bond donors (Lipinski definition) is 2. The molecular weight excluding hydrogens is 218 g/mol. The lowest BCUT2D eigenvalue weighted by Gasteiger charge is -2.10. The van der Waals surface area contributed by atoms with Crippen LogP contribution >= 0.6 is 11.6 Å². The second kappa shape index (κ2) is 4.75. The molecule has 1 heterocycles. The minimum absolute atomic E-state index is 0.215. The summed E-state index contributed by atoms with van der Waals surface area (Å²) < 4.78 is 0. The maximum Gasteiger partial charge on any atom is 0.255 e. The van der Waals surface area contributed by atoms with Gasteiger partial charge < -0.3 is 11.1 Å². The molecule has 80 valence electrons. The molecule has 0 aliphatic carbocycles. The van der Waals surface area contributed by atoms with E-state index >= 15 is 0 Å². The Morgan fingerprint density at radius 1 is 1.60 bits per heavy atom. The van der Waals surface area contributed by atoms with Gasteiger partial charge in [-0.15, -0.1) is 0 Å². The molecule has 0 spiro atoms. The number of nitrogens with zero attached hydrogens (tertiary/aromatic N) is 1. The predicted molar refractivity (Wildman–Crippen MR) is 55.4 cm³/mol. The molecule has 0 saturated carbocycles. The first-order chi connectivity index (χ1) is 7.02. The molecule has 0 radical (unpaired) electrons. The summed E-state index contributed by atoms with van der Waals surface area (Å²) in [6.45, 7) is 1.49. The molecule has 2 amide bonds. The van der Waals surface area contributed by atoms with Crippen molar-refractivity contribution in [3.8, 4) is 0 Å². The van der Waals surface area contributed by atoms with E-state index in [-0.39, 0.29) is 10.6 Å². The van der Waals surface area contributed by atoms with Crippen molar-refractivity contribution in [3.63, 3.8) is 0 Å². The highest BCUT2D eigenvalue weighted by Gasteiger charge is 2.15. The minimum atomic E-state index is -0.742. The molecule has 6 heteroatoms. The van der Waals surface area contributed by atoms with E-state index in [2.05, 4.69) is 10.3 Å². The van der Waals surface area contributed by atoms with Gasteiger partial charge >= 0.3 is 0 Å². The van der Waals surface area contributed by atoms with Gasteiger partial charge in [0.1, 0.15) is 6.04 Å². The standard InChI is InChI=1S/C9H10ClN3O2/c1-5(8(11)14)13-9(15)6-4-12-3-2-7(6)10/h2-5H,1H3,(H2,11,14)(H,13,15). The maximum atomic E-state index is 11.5. The van der Waals surface area contributed by atoms with Crippen LogP contribution in [0.2, 0.25) is 5.02 Å². The van der Waals surface area contributed by atoms with Crippen molar-refractivity contribution < 1.29 is 9.59 Å². The van der Waals surface area contributed by atoms with Crippen LogP contribution in [0.25, 0.3) is 0 Å². The molecule has 0 saturated heterocycles. The fourth-order valence-electron chi connectivity index (χ4n) is 0.890. The Morgan fingerprint density at radius 3 is 2.80 bits per heavy atom. The molecule has 15 heavy (non-hydrogen) atoms.